The van der Waals surface area contributed by atoms with Crippen molar-refractivity contribution in [3.8, 4) is 0 Å². The van der Waals surface area contributed by atoms with E-state index in [0.29, 0.717) is 11.9 Å². The third-order valence-electron chi connectivity index (χ3n) is 4.51. The summed E-state index contributed by atoms with van der Waals surface area (Å²) in [5.41, 5.74) is 0. The lowest BCUT2D eigenvalue weighted by Crippen LogP contribution is -2.37. The van der Waals surface area contributed by atoms with E-state index in [1.807, 2.05) is 19.0 Å². The zero-order chi connectivity index (χ0) is 14.1. The Morgan fingerprint density at radius 2 is 1.95 bits per heavy atom. The number of piperidine rings is 1. The third kappa shape index (κ3) is 2.67. The van der Waals surface area contributed by atoms with E-state index < -0.39 is 0 Å². The largest absolute Gasteiger partial charge is 0.377 e. The Hall–Kier alpha value is -1.14. The lowest BCUT2D eigenvalue weighted by atomic mass is 9.84. The summed E-state index contributed by atoms with van der Waals surface area (Å²) in [5, 5.41) is 4.03. The van der Waals surface area contributed by atoms with E-state index in [9.17, 15) is 0 Å². The quantitative estimate of drug-likeness (QED) is 0.833. The monoisotopic (exact) mass is 280 g/mol. The standard InChI is InChI=1S/C14H24N4O2/c1-17(2)14-15-13(20-16-14)11-6-9-19-12(11)10-4-7-18(3)8-5-10/h10-12H,4-9H2,1-3H3/t11-,12+/m1/s1. The average Bonchev–Trinajstić information content (AvgIpc) is 3.08. The van der Waals surface area contributed by atoms with E-state index >= 15 is 0 Å². The maximum atomic E-state index is 6.00. The van der Waals surface area contributed by atoms with Crippen molar-refractivity contribution in [2.45, 2.75) is 31.3 Å². The molecule has 0 amide bonds. The summed E-state index contributed by atoms with van der Waals surface area (Å²) in [5.74, 6) is 2.28. The molecule has 20 heavy (non-hydrogen) atoms. The van der Waals surface area contributed by atoms with Gasteiger partial charge < -0.3 is 19.1 Å². The van der Waals surface area contributed by atoms with Gasteiger partial charge in [0.25, 0.3) is 5.95 Å². The summed E-state index contributed by atoms with van der Waals surface area (Å²) in [6.07, 6.45) is 3.64. The van der Waals surface area contributed by atoms with Gasteiger partial charge in [0.2, 0.25) is 5.89 Å². The summed E-state index contributed by atoms with van der Waals surface area (Å²) >= 11 is 0. The number of rotatable bonds is 3. The van der Waals surface area contributed by atoms with Crippen LogP contribution in [0.3, 0.4) is 0 Å². The molecule has 0 aromatic carbocycles. The molecule has 0 spiro atoms. The number of ether oxygens (including phenoxy) is 1. The molecule has 1 aromatic rings. The molecule has 0 aliphatic carbocycles. The van der Waals surface area contributed by atoms with Crippen molar-refractivity contribution in [1.82, 2.24) is 15.0 Å². The van der Waals surface area contributed by atoms with Gasteiger partial charge in [-0.25, -0.2) is 0 Å². The Morgan fingerprint density at radius 1 is 1.20 bits per heavy atom. The second-order valence-electron chi connectivity index (χ2n) is 6.20. The summed E-state index contributed by atoms with van der Waals surface area (Å²) in [4.78, 5) is 8.76. The van der Waals surface area contributed by atoms with E-state index in [4.69, 9.17) is 9.26 Å². The first-order chi connectivity index (χ1) is 9.65. The molecule has 2 fully saturated rings. The van der Waals surface area contributed by atoms with Crippen molar-refractivity contribution >= 4 is 5.95 Å². The predicted molar refractivity (Wildman–Crippen MR) is 75.9 cm³/mol. The van der Waals surface area contributed by atoms with Crippen LogP contribution in [-0.2, 0) is 4.74 Å². The highest BCUT2D eigenvalue weighted by atomic mass is 16.5. The Morgan fingerprint density at radius 3 is 2.60 bits per heavy atom. The van der Waals surface area contributed by atoms with Gasteiger partial charge in [0.1, 0.15) is 0 Å². The molecule has 6 nitrogen and oxygen atoms in total. The first-order valence-corrected chi connectivity index (χ1v) is 7.46. The van der Waals surface area contributed by atoms with Crippen LogP contribution in [0.4, 0.5) is 5.95 Å². The highest BCUT2D eigenvalue weighted by Crippen LogP contribution is 2.38. The van der Waals surface area contributed by atoms with Crippen LogP contribution in [0.1, 0.15) is 31.1 Å². The molecule has 0 bridgehead atoms. The molecule has 0 N–H and O–H groups in total. The minimum atomic E-state index is 0.249. The summed E-state index contributed by atoms with van der Waals surface area (Å²) in [7, 11) is 6.03. The van der Waals surface area contributed by atoms with Crippen LogP contribution in [-0.4, -0.2) is 62.0 Å². The van der Waals surface area contributed by atoms with Crippen LogP contribution in [0.15, 0.2) is 4.52 Å². The topological polar surface area (TPSA) is 54.6 Å². The van der Waals surface area contributed by atoms with Crippen LogP contribution >= 0.6 is 0 Å². The molecule has 3 rings (SSSR count). The fourth-order valence-corrected chi connectivity index (χ4v) is 3.26. The van der Waals surface area contributed by atoms with Crippen molar-refractivity contribution < 1.29 is 9.26 Å². The average molecular weight is 280 g/mol. The Kier molecular flexibility index (Phi) is 3.94. The zero-order valence-corrected chi connectivity index (χ0v) is 12.6. The number of nitrogens with zero attached hydrogens (tertiary/aromatic N) is 4. The number of hydrogen-bond donors (Lipinski definition) is 0. The Balaban J connectivity index is 1.71. The van der Waals surface area contributed by atoms with Crippen molar-refractivity contribution in [1.29, 1.82) is 0 Å². The summed E-state index contributed by atoms with van der Waals surface area (Å²) in [6, 6.07) is 0. The van der Waals surface area contributed by atoms with E-state index in [2.05, 4.69) is 22.1 Å². The van der Waals surface area contributed by atoms with Crippen LogP contribution < -0.4 is 4.90 Å². The molecule has 2 atom stereocenters. The van der Waals surface area contributed by atoms with Crippen molar-refractivity contribution in [3.05, 3.63) is 5.89 Å². The summed E-state index contributed by atoms with van der Waals surface area (Å²) < 4.78 is 11.5. The van der Waals surface area contributed by atoms with Crippen molar-refractivity contribution in [2.24, 2.45) is 5.92 Å². The van der Waals surface area contributed by atoms with Crippen LogP contribution in [0, 0.1) is 5.92 Å². The fourth-order valence-electron chi connectivity index (χ4n) is 3.26. The van der Waals surface area contributed by atoms with E-state index in [0.717, 1.165) is 32.0 Å². The number of anilines is 1. The van der Waals surface area contributed by atoms with Gasteiger partial charge in [-0.15, -0.1) is 0 Å². The van der Waals surface area contributed by atoms with Crippen molar-refractivity contribution in [3.63, 3.8) is 0 Å². The molecule has 2 saturated heterocycles. The van der Waals surface area contributed by atoms with E-state index in [-0.39, 0.29) is 12.0 Å². The first-order valence-electron chi connectivity index (χ1n) is 7.46. The van der Waals surface area contributed by atoms with Gasteiger partial charge in [0.05, 0.1) is 12.0 Å². The Labute approximate surface area is 120 Å². The van der Waals surface area contributed by atoms with Crippen molar-refractivity contribution in [2.75, 3.05) is 45.7 Å². The molecule has 0 radical (unpaired) electrons. The highest BCUT2D eigenvalue weighted by Gasteiger charge is 2.40. The molecule has 112 valence electrons. The van der Waals surface area contributed by atoms with Crippen LogP contribution in [0.5, 0.6) is 0 Å². The minimum Gasteiger partial charge on any atom is -0.377 e. The van der Waals surface area contributed by atoms with Gasteiger partial charge in [-0.3, -0.25) is 0 Å². The number of aromatic nitrogens is 2. The van der Waals surface area contributed by atoms with Gasteiger partial charge in [0.15, 0.2) is 0 Å². The Bertz CT molecular complexity index is 440. The summed E-state index contributed by atoms with van der Waals surface area (Å²) in [6.45, 7) is 3.12. The molecule has 2 aliphatic rings. The SMILES string of the molecule is CN1CCC([C@@H]2OCC[C@H]2c2nc(N(C)C)no2)CC1. The molecule has 2 aliphatic heterocycles. The number of hydrogen-bond acceptors (Lipinski definition) is 6. The molecule has 0 saturated carbocycles. The third-order valence-corrected chi connectivity index (χ3v) is 4.51. The normalized spacial score (nSPS) is 28.9. The first kappa shape index (κ1) is 13.8. The minimum absolute atomic E-state index is 0.249. The maximum absolute atomic E-state index is 6.00. The van der Waals surface area contributed by atoms with Crippen LogP contribution in [0.2, 0.25) is 0 Å². The highest BCUT2D eigenvalue weighted by molar-refractivity contribution is 5.24. The second-order valence-corrected chi connectivity index (χ2v) is 6.20. The lowest BCUT2D eigenvalue weighted by Gasteiger charge is -2.33. The van der Waals surface area contributed by atoms with Gasteiger partial charge in [-0.05, 0) is 50.5 Å². The fraction of sp³-hybridized carbons (Fsp3) is 0.857. The second kappa shape index (κ2) is 5.69. The van der Waals surface area contributed by atoms with Gasteiger partial charge in [-0.1, -0.05) is 0 Å². The molecule has 1 aromatic heterocycles. The van der Waals surface area contributed by atoms with E-state index in [1.54, 1.807) is 0 Å². The predicted octanol–water partition coefficient (Wildman–Crippen LogP) is 1.35. The smallest absolute Gasteiger partial charge is 0.265 e. The zero-order valence-electron chi connectivity index (χ0n) is 12.6. The molecule has 6 heteroatoms. The van der Waals surface area contributed by atoms with Crippen LogP contribution in [0.25, 0.3) is 0 Å². The van der Waals surface area contributed by atoms with Gasteiger partial charge in [0, 0.05) is 20.7 Å². The number of likely N-dealkylation sites (tertiary alicyclic amines) is 1. The van der Waals surface area contributed by atoms with Gasteiger partial charge in [-0.2, -0.15) is 4.98 Å². The lowest BCUT2D eigenvalue weighted by molar-refractivity contribution is 0.0248. The molecule has 3 heterocycles. The molecule has 0 unspecified atom stereocenters. The van der Waals surface area contributed by atoms with Gasteiger partial charge >= 0.3 is 0 Å². The molecular weight excluding hydrogens is 256 g/mol. The molecular formula is C14H24N4O2. The van der Waals surface area contributed by atoms with E-state index in [1.165, 1.54) is 12.8 Å². The maximum Gasteiger partial charge on any atom is 0.265 e.